The molecule has 0 aliphatic heterocycles. The molecule has 2 aromatic rings. The lowest BCUT2D eigenvalue weighted by molar-refractivity contribution is 0.252. The van der Waals surface area contributed by atoms with Gasteiger partial charge in [0.25, 0.3) is 0 Å². The summed E-state index contributed by atoms with van der Waals surface area (Å²) >= 11 is 0. The molecule has 0 spiro atoms. The first-order valence-corrected chi connectivity index (χ1v) is 7.76. The van der Waals surface area contributed by atoms with E-state index in [0.29, 0.717) is 18.1 Å². The summed E-state index contributed by atoms with van der Waals surface area (Å²) in [7, 11) is 0. The number of urea groups is 1. The number of aryl methyl sites for hydroxylation is 1. The lowest BCUT2D eigenvalue weighted by Gasteiger charge is -2.13. The van der Waals surface area contributed by atoms with E-state index in [0.717, 1.165) is 12.1 Å². The number of hydrogen-bond acceptors (Lipinski definition) is 3. The normalized spacial score (nSPS) is 14.7. The molecule has 1 aliphatic rings. The molecule has 0 aromatic carbocycles. The zero-order chi connectivity index (χ0) is 15.4. The lowest BCUT2D eigenvalue weighted by Crippen LogP contribution is -2.29. The van der Waals surface area contributed by atoms with Crippen molar-refractivity contribution in [1.29, 1.82) is 0 Å². The monoisotopic (exact) mass is 299 g/mol. The van der Waals surface area contributed by atoms with Gasteiger partial charge in [0, 0.05) is 6.54 Å². The number of anilines is 1. The molecule has 0 bridgehead atoms. The molecule has 0 unspecified atom stereocenters. The van der Waals surface area contributed by atoms with Crippen LogP contribution in [0.25, 0.3) is 5.65 Å². The topological polar surface area (TPSA) is 71.3 Å². The highest BCUT2D eigenvalue weighted by Gasteiger charge is 2.06. The Morgan fingerprint density at radius 3 is 3.09 bits per heavy atom. The Morgan fingerprint density at radius 1 is 1.36 bits per heavy atom. The third-order valence-corrected chi connectivity index (χ3v) is 3.81. The van der Waals surface area contributed by atoms with Crippen molar-refractivity contribution in [2.24, 2.45) is 0 Å². The number of pyridine rings is 1. The molecule has 6 heteroatoms. The molecule has 0 fully saturated rings. The molecule has 3 rings (SSSR count). The van der Waals surface area contributed by atoms with Crippen LogP contribution in [0.4, 0.5) is 10.5 Å². The van der Waals surface area contributed by atoms with Gasteiger partial charge in [-0.1, -0.05) is 11.6 Å². The maximum absolute atomic E-state index is 11.9. The van der Waals surface area contributed by atoms with E-state index in [2.05, 4.69) is 26.8 Å². The van der Waals surface area contributed by atoms with E-state index in [1.807, 2.05) is 19.1 Å². The molecule has 2 aromatic heterocycles. The Labute approximate surface area is 129 Å². The van der Waals surface area contributed by atoms with Crippen molar-refractivity contribution in [3.05, 3.63) is 35.8 Å². The predicted molar refractivity (Wildman–Crippen MR) is 85.9 cm³/mol. The zero-order valence-electron chi connectivity index (χ0n) is 12.8. The first-order valence-electron chi connectivity index (χ1n) is 7.76. The summed E-state index contributed by atoms with van der Waals surface area (Å²) in [6.45, 7) is 2.51. The van der Waals surface area contributed by atoms with Gasteiger partial charge in [-0.05, 0) is 51.2 Å². The summed E-state index contributed by atoms with van der Waals surface area (Å²) in [6.07, 6.45) is 9.93. The van der Waals surface area contributed by atoms with Crippen LogP contribution in [0, 0.1) is 6.92 Å². The second-order valence-electron chi connectivity index (χ2n) is 5.62. The van der Waals surface area contributed by atoms with Crippen molar-refractivity contribution in [3.8, 4) is 0 Å². The molecular formula is C16H21N5O. The van der Waals surface area contributed by atoms with Gasteiger partial charge in [-0.15, -0.1) is 0 Å². The van der Waals surface area contributed by atoms with Crippen molar-refractivity contribution in [1.82, 2.24) is 19.9 Å². The highest BCUT2D eigenvalue weighted by Crippen LogP contribution is 2.19. The van der Waals surface area contributed by atoms with Crippen molar-refractivity contribution in [3.63, 3.8) is 0 Å². The maximum atomic E-state index is 11.9. The quantitative estimate of drug-likeness (QED) is 0.852. The van der Waals surface area contributed by atoms with E-state index < -0.39 is 0 Å². The number of aromatic nitrogens is 3. The fourth-order valence-electron chi connectivity index (χ4n) is 2.71. The number of nitrogens with one attached hydrogen (secondary N) is 2. The molecule has 1 aliphatic carbocycles. The third kappa shape index (κ3) is 3.63. The highest BCUT2D eigenvalue weighted by atomic mass is 16.2. The Hall–Kier alpha value is -2.37. The molecule has 2 heterocycles. The van der Waals surface area contributed by atoms with E-state index in [1.165, 1.54) is 31.3 Å². The van der Waals surface area contributed by atoms with Crippen molar-refractivity contribution in [2.45, 2.75) is 39.0 Å². The number of carbonyl (C=O) groups excluding carboxylic acids is 1. The van der Waals surface area contributed by atoms with Gasteiger partial charge in [-0.2, -0.15) is 5.10 Å². The van der Waals surface area contributed by atoms with Crippen LogP contribution in [0.5, 0.6) is 0 Å². The fourth-order valence-corrected chi connectivity index (χ4v) is 2.71. The number of fused-ring (bicyclic) bond motifs is 1. The second kappa shape index (κ2) is 6.60. The molecule has 0 atom stereocenters. The van der Waals surface area contributed by atoms with E-state index in [-0.39, 0.29) is 6.03 Å². The minimum atomic E-state index is -0.187. The largest absolute Gasteiger partial charge is 0.338 e. The van der Waals surface area contributed by atoms with Crippen molar-refractivity contribution in [2.75, 3.05) is 11.9 Å². The average Bonchev–Trinajstić information content (AvgIpc) is 2.87. The van der Waals surface area contributed by atoms with Gasteiger partial charge in [0.2, 0.25) is 0 Å². The molecule has 0 saturated carbocycles. The van der Waals surface area contributed by atoms with Gasteiger partial charge in [-0.25, -0.2) is 14.3 Å². The summed E-state index contributed by atoms with van der Waals surface area (Å²) in [5.41, 5.74) is 2.94. The number of carbonyl (C=O) groups is 1. The Balaban J connectivity index is 1.50. The molecule has 22 heavy (non-hydrogen) atoms. The van der Waals surface area contributed by atoms with Crippen LogP contribution >= 0.6 is 0 Å². The van der Waals surface area contributed by atoms with Gasteiger partial charge in [0.05, 0.1) is 11.9 Å². The number of allylic oxidation sites excluding steroid dienone is 1. The van der Waals surface area contributed by atoms with E-state index >= 15 is 0 Å². The smallest absolute Gasteiger partial charge is 0.319 e. The minimum absolute atomic E-state index is 0.187. The van der Waals surface area contributed by atoms with Crippen LogP contribution in [0.2, 0.25) is 0 Å². The zero-order valence-corrected chi connectivity index (χ0v) is 12.8. The minimum Gasteiger partial charge on any atom is -0.338 e. The second-order valence-corrected chi connectivity index (χ2v) is 5.62. The first kappa shape index (κ1) is 14.6. The maximum Gasteiger partial charge on any atom is 0.319 e. The standard InChI is InChI=1S/C16H21N5O/c1-12-18-15-8-7-14(11-21(15)20-12)19-16(22)17-10-9-13-5-3-2-4-6-13/h5,7-8,11H,2-4,6,9-10H2,1H3,(H2,17,19,22). The third-order valence-electron chi connectivity index (χ3n) is 3.81. The first-order chi connectivity index (χ1) is 10.7. The predicted octanol–water partition coefficient (Wildman–Crippen LogP) is 3.05. The average molecular weight is 299 g/mol. The number of amides is 2. The highest BCUT2D eigenvalue weighted by molar-refractivity contribution is 5.89. The Morgan fingerprint density at radius 2 is 2.27 bits per heavy atom. The van der Waals surface area contributed by atoms with Crippen LogP contribution in [-0.2, 0) is 0 Å². The van der Waals surface area contributed by atoms with Gasteiger partial charge >= 0.3 is 6.03 Å². The van der Waals surface area contributed by atoms with E-state index in [4.69, 9.17) is 0 Å². The summed E-state index contributed by atoms with van der Waals surface area (Å²) in [5, 5.41) is 9.95. The molecule has 0 saturated heterocycles. The molecule has 2 N–H and O–H groups in total. The number of nitrogens with zero attached hydrogens (tertiary/aromatic N) is 3. The molecular weight excluding hydrogens is 278 g/mol. The molecule has 0 radical (unpaired) electrons. The van der Waals surface area contributed by atoms with E-state index in [1.54, 1.807) is 10.7 Å². The molecule has 6 nitrogen and oxygen atoms in total. The summed E-state index contributed by atoms with van der Waals surface area (Å²) < 4.78 is 1.66. The van der Waals surface area contributed by atoms with Crippen LogP contribution in [0.1, 0.15) is 37.9 Å². The van der Waals surface area contributed by atoms with Crippen LogP contribution in [-0.4, -0.2) is 27.2 Å². The molecule has 116 valence electrons. The molecule has 2 amide bonds. The van der Waals surface area contributed by atoms with Crippen molar-refractivity contribution < 1.29 is 4.79 Å². The summed E-state index contributed by atoms with van der Waals surface area (Å²) in [6, 6.07) is 3.47. The lowest BCUT2D eigenvalue weighted by atomic mass is 9.97. The van der Waals surface area contributed by atoms with Crippen LogP contribution in [0.15, 0.2) is 30.0 Å². The summed E-state index contributed by atoms with van der Waals surface area (Å²) in [4.78, 5) is 16.2. The SMILES string of the molecule is Cc1nc2ccc(NC(=O)NCCC3=CCCCC3)cn2n1. The summed E-state index contributed by atoms with van der Waals surface area (Å²) in [5.74, 6) is 0.711. The van der Waals surface area contributed by atoms with Crippen LogP contribution in [0.3, 0.4) is 0 Å². The Bertz CT molecular complexity index is 704. The van der Waals surface area contributed by atoms with Gasteiger partial charge < -0.3 is 10.6 Å². The van der Waals surface area contributed by atoms with Crippen molar-refractivity contribution >= 4 is 17.4 Å². The van der Waals surface area contributed by atoms with Gasteiger partial charge in [0.15, 0.2) is 5.65 Å². The fraction of sp³-hybridized carbons (Fsp3) is 0.438. The number of hydrogen-bond donors (Lipinski definition) is 2. The van der Waals surface area contributed by atoms with Crippen LogP contribution < -0.4 is 10.6 Å². The van der Waals surface area contributed by atoms with Gasteiger partial charge in [0.1, 0.15) is 5.82 Å². The Kier molecular flexibility index (Phi) is 4.37. The van der Waals surface area contributed by atoms with Gasteiger partial charge in [-0.3, -0.25) is 0 Å². The number of rotatable bonds is 4. The van der Waals surface area contributed by atoms with E-state index in [9.17, 15) is 4.79 Å².